The van der Waals surface area contributed by atoms with E-state index in [2.05, 4.69) is 0 Å². The molecule has 2 atom stereocenters. The van der Waals surface area contributed by atoms with Crippen molar-refractivity contribution in [3.05, 3.63) is 65.2 Å². The highest BCUT2D eigenvalue weighted by Gasteiger charge is 2.35. The summed E-state index contributed by atoms with van der Waals surface area (Å²) in [5.74, 6) is -1.30. The number of hydrogen-bond acceptors (Lipinski definition) is 3. The Labute approximate surface area is 159 Å². The smallest absolute Gasteiger partial charge is 0.323 e. The first-order chi connectivity index (χ1) is 12.9. The number of carbonyl (C=O) groups excluding carboxylic acids is 1. The zero-order valence-electron chi connectivity index (χ0n) is 15.8. The summed E-state index contributed by atoms with van der Waals surface area (Å²) in [5.41, 5.74) is 4.08. The van der Waals surface area contributed by atoms with E-state index in [1.165, 1.54) is 4.90 Å². The number of hydrogen-bond donors (Lipinski definition) is 1. The minimum atomic E-state index is -1.04. The van der Waals surface area contributed by atoms with Crippen molar-refractivity contribution in [3.8, 4) is 0 Å². The van der Waals surface area contributed by atoms with Gasteiger partial charge in [-0.3, -0.25) is 19.5 Å². The molecular formula is C22H24N2O3. The minimum Gasteiger partial charge on any atom is -0.480 e. The van der Waals surface area contributed by atoms with Gasteiger partial charge in [0.1, 0.15) is 12.6 Å². The fourth-order valence-electron chi connectivity index (χ4n) is 3.34. The van der Waals surface area contributed by atoms with E-state index in [4.69, 9.17) is 4.99 Å². The predicted molar refractivity (Wildman–Crippen MR) is 106 cm³/mol. The van der Waals surface area contributed by atoms with Crippen LogP contribution in [0.2, 0.25) is 0 Å². The van der Waals surface area contributed by atoms with Gasteiger partial charge in [-0.15, -0.1) is 0 Å². The number of aliphatic carboxylic acids is 1. The lowest BCUT2D eigenvalue weighted by molar-refractivity contribution is -0.136. The molecule has 1 amide bonds. The van der Waals surface area contributed by atoms with Crippen LogP contribution in [0.25, 0.3) is 0 Å². The fourth-order valence-corrected chi connectivity index (χ4v) is 3.34. The average molecular weight is 364 g/mol. The number of amides is 1. The van der Waals surface area contributed by atoms with Crippen molar-refractivity contribution in [3.63, 3.8) is 0 Å². The second kappa shape index (κ2) is 7.74. The Hall–Kier alpha value is -2.95. The van der Waals surface area contributed by atoms with E-state index in [1.807, 2.05) is 69.3 Å². The minimum absolute atomic E-state index is 0.00270. The zero-order valence-corrected chi connectivity index (χ0v) is 15.8. The number of carbonyl (C=O) groups is 2. The second-order valence-electron chi connectivity index (χ2n) is 7.01. The van der Waals surface area contributed by atoms with Crippen molar-refractivity contribution in [2.45, 2.75) is 33.2 Å². The Kier molecular flexibility index (Phi) is 5.40. The molecule has 0 saturated carbocycles. The number of fused-ring (bicyclic) bond motifs is 1. The van der Waals surface area contributed by atoms with Crippen molar-refractivity contribution in [2.24, 2.45) is 10.9 Å². The van der Waals surface area contributed by atoms with E-state index < -0.39 is 12.0 Å². The van der Waals surface area contributed by atoms with Gasteiger partial charge in [0, 0.05) is 11.1 Å². The van der Waals surface area contributed by atoms with Crippen LogP contribution >= 0.6 is 0 Å². The second-order valence-corrected chi connectivity index (χ2v) is 7.01. The van der Waals surface area contributed by atoms with Gasteiger partial charge in [0.2, 0.25) is 0 Å². The van der Waals surface area contributed by atoms with E-state index in [9.17, 15) is 14.7 Å². The maximum absolute atomic E-state index is 13.3. The maximum atomic E-state index is 13.3. The molecule has 1 N–H and O–H groups in total. The summed E-state index contributed by atoms with van der Waals surface area (Å²) in [5, 5.41) is 9.39. The molecule has 3 rings (SSSR count). The molecule has 27 heavy (non-hydrogen) atoms. The van der Waals surface area contributed by atoms with Crippen LogP contribution in [0.5, 0.6) is 0 Å². The van der Waals surface area contributed by atoms with Gasteiger partial charge in [0.05, 0.1) is 11.4 Å². The summed E-state index contributed by atoms with van der Waals surface area (Å²) in [6, 6.07) is 14.8. The van der Waals surface area contributed by atoms with Gasteiger partial charge >= 0.3 is 5.97 Å². The Bertz CT molecular complexity index is 890. The fraction of sp³-hybridized carbons (Fsp3) is 0.318. The maximum Gasteiger partial charge on any atom is 0.323 e. The molecule has 0 aliphatic carbocycles. The number of carboxylic acids is 1. The third-order valence-electron chi connectivity index (χ3n) is 5.01. The third-order valence-corrected chi connectivity index (χ3v) is 5.01. The van der Waals surface area contributed by atoms with E-state index in [-0.39, 0.29) is 18.4 Å². The van der Waals surface area contributed by atoms with Crippen LogP contribution in [-0.2, 0) is 9.59 Å². The number of anilines is 1. The van der Waals surface area contributed by atoms with E-state index in [1.54, 1.807) is 0 Å². The van der Waals surface area contributed by atoms with Gasteiger partial charge in [-0.2, -0.15) is 0 Å². The molecule has 0 fully saturated rings. The first kappa shape index (κ1) is 18.8. The number of rotatable bonds is 5. The van der Waals surface area contributed by atoms with Crippen LogP contribution in [0.1, 0.15) is 37.0 Å². The van der Waals surface area contributed by atoms with Crippen molar-refractivity contribution in [1.82, 2.24) is 0 Å². The topological polar surface area (TPSA) is 70.0 Å². The lowest BCUT2D eigenvalue weighted by Crippen LogP contribution is -2.43. The molecule has 140 valence electrons. The predicted octanol–water partition coefficient (Wildman–Crippen LogP) is 3.68. The Morgan fingerprint density at radius 2 is 1.93 bits per heavy atom. The number of nitrogens with zero attached hydrogens (tertiary/aromatic N) is 2. The highest BCUT2D eigenvalue weighted by molar-refractivity contribution is 6.20. The average Bonchev–Trinajstić information content (AvgIpc) is 2.77. The molecule has 2 aromatic rings. The van der Waals surface area contributed by atoms with Gasteiger partial charge in [0.25, 0.3) is 5.91 Å². The lowest BCUT2D eigenvalue weighted by atomic mass is 9.97. The number of carboxylic acid groups (broad SMARTS) is 1. The molecule has 0 saturated heterocycles. The first-order valence-corrected chi connectivity index (χ1v) is 9.19. The summed E-state index contributed by atoms with van der Waals surface area (Å²) in [6.45, 7) is 5.59. The van der Waals surface area contributed by atoms with Gasteiger partial charge < -0.3 is 5.11 Å². The van der Waals surface area contributed by atoms with Gasteiger partial charge in [-0.05, 0) is 25.0 Å². The van der Waals surface area contributed by atoms with Crippen molar-refractivity contribution >= 4 is 23.3 Å². The van der Waals surface area contributed by atoms with Crippen molar-refractivity contribution < 1.29 is 14.7 Å². The SMILES string of the molecule is CCC(C)[C@@H]1N=C(c2ccccc2)c2cc(C)ccc2N(CC(=O)O)C1=O. The van der Waals surface area contributed by atoms with Gasteiger partial charge in [0.15, 0.2) is 0 Å². The molecule has 2 aromatic carbocycles. The Morgan fingerprint density at radius 3 is 2.56 bits per heavy atom. The summed E-state index contributed by atoms with van der Waals surface area (Å²) in [7, 11) is 0. The molecule has 0 bridgehead atoms. The Balaban J connectivity index is 2.27. The summed E-state index contributed by atoms with van der Waals surface area (Å²) in [6.07, 6.45) is 0.776. The number of aliphatic imine (C=N–C) groups is 1. The van der Waals surface area contributed by atoms with E-state index >= 15 is 0 Å². The largest absolute Gasteiger partial charge is 0.480 e. The van der Waals surface area contributed by atoms with Gasteiger partial charge in [-0.25, -0.2) is 0 Å². The van der Waals surface area contributed by atoms with Crippen molar-refractivity contribution in [1.29, 1.82) is 0 Å². The summed E-state index contributed by atoms with van der Waals surface area (Å²) < 4.78 is 0. The number of aryl methyl sites for hydroxylation is 1. The molecule has 5 nitrogen and oxygen atoms in total. The first-order valence-electron chi connectivity index (χ1n) is 9.19. The van der Waals surface area contributed by atoms with Crippen LogP contribution in [0.15, 0.2) is 53.5 Å². The highest BCUT2D eigenvalue weighted by Crippen LogP contribution is 2.31. The standard InChI is InChI=1S/C22H24N2O3/c1-4-15(3)20-22(27)24(13-19(25)26)18-11-10-14(2)12-17(18)21(23-20)16-8-6-5-7-9-16/h5-12,15,20H,4,13H2,1-3H3,(H,25,26)/t15?,20-/m0/s1. The monoisotopic (exact) mass is 364 g/mol. The number of benzene rings is 2. The molecule has 1 heterocycles. The molecule has 0 aromatic heterocycles. The lowest BCUT2D eigenvalue weighted by Gasteiger charge is -2.25. The molecule has 1 aliphatic rings. The van der Waals surface area contributed by atoms with Crippen molar-refractivity contribution in [2.75, 3.05) is 11.4 Å². The van der Waals surface area contributed by atoms with Crippen LogP contribution in [0.3, 0.4) is 0 Å². The van der Waals surface area contributed by atoms with E-state index in [0.717, 1.165) is 28.8 Å². The molecule has 1 unspecified atom stereocenters. The normalized spacial score (nSPS) is 17.7. The molecular weight excluding hydrogens is 340 g/mol. The molecule has 1 aliphatic heterocycles. The summed E-state index contributed by atoms with van der Waals surface area (Å²) in [4.78, 5) is 31.0. The third kappa shape index (κ3) is 3.77. The summed E-state index contributed by atoms with van der Waals surface area (Å²) >= 11 is 0. The van der Waals surface area contributed by atoms with Crippen LogP contribution < -0.4 is 4.90 Å². The highest BCUT2D eigenvalue weighted by atomic mass is 16.4. The quantitative estimate of drug-likeness (QED) is 0.880. The Morgan fingerprint density at radius 1 is 1.22 bits per heavy atom. The molecule has 0 radical (unpaired) electrons. The van der Waals surface area contributed by atoms with Gasteiger partial charge in [-0.1, -0.05) is 62.2 Å². The molecule has 5 heteroatoms. The zero-order chi connectivity index (χ0) is 19.6. The molecule has 0 spiro atoms. The van der Waals surface area contributed by atoms with Crippen LogP contribution in [0.4, 0.5) is 5.69 Å². The van der Waals surface area contributed by atoms with Crippen LogP contribution in [-0.4, -0.2) is 35.3 Å². The number of benzodiazepines with no additional fused rings is 1. The van der Waals surface area contributed by atoms with E-state index in [0.29, 0.717) is 5.69 Å². The van der Waals surface area contributed by atoms with Crippen LogP contribution in [0, 0.1) is 12.8 Å².